The minimum Gasteiger partial charge on any atom is -0.327 e. The Hall–Kier alpha value is -2.66. The van der Waals surface area contributed by atoms with Crippen LogP contribution in [0.5, 0.6) is 0 Å². The Morgan fingerprint density at radius 3 is 2.10 bits per heavy atom. The molecular weight excluding hydrogens is 374 g/mol. The van der Waals surface area contributed by atoms with Crippen LogP contribution >= 0.6 is 0 Å². The quantitative estimate of drug-likeness (QED) is 0.829. The van der Waals surface area contributed by atoms with Crippen LogP contribution in [-0.4, -0.2) is 55.5 Å². The molecule has 2 aliphatic rings. The number of para-hydroxylation sites is 1. The van der Waals surface area contributed by atoms with E-state index >= 15 is 0 Å². The molecule has 4 rings (SSSR count). The predicted octanol–water partition coefficient (Wildman–Crippen LogP) is 2.39. The maximum absolute atomic E-state index is 13.4. The van der Waals surface area contributed by atoms with Crippen LogP contribution in [0.2, 0.25) is 0 Å². The molecular formula is C25H32N3O2+. The van der Waals surface area contributed by atoms with Crippen LogP contribution in [0.3, 0.4) is 0 Å². The van der Waals surface area contributed by atoms with E-state index in [9.17, 15) is 9.59 Å². The third kappa shape index (κ3) is 4.90. The van der Waals surface area contributed by atoms with Crippen molar-refractivity contribution in [2.24, 2.45) is 0 Å². The van der Waals surface area contributed by atoms with Gasteiger partial charge in [0.15, 0.2) is 6.54 Å². The van der Waals surface area contributed by atoms with Crippen LogP contribution in [0.1, 0.15) is 42.5 Å². The average Bonchev–Trinajstić information content (AvgIpc) is 2.81. The molecule has 2 fully saturated rings. The number of piperazine rings is 1. The molecule has 1 heterocycles. The zero-order valence-electron chi connectivity index (χ0n) is 17.6. The monoisotopic (exact) mass is 406 g/mol. The topological polar surface area (TPSA) is 45.1 Å². The highest BCUT2D eigenvalue weighted by Gasteiger charge is 2.31. The van der Waals surface area contributed by atoms with Gasteiger partial charge in [0.1, 0.15) is 0 Å². The molecule has 0 unspecified atom stereocenters. The van der Waals surface area contributed by atoms with Crippen molar-refractivity contribution in [3.63, 3.8) is 0 Å². The van der Waals surface area contributed by atoms with Crippen LogP contribution in [0.4, 0.5) is 5.69 Å². The Labute approximate surface area is 179 Å². The van der Waals surface area contributed by atoms with Gasteiger partial charge < -0.3 is 14.7 Å². The largest absolute Gasteiger partial charge is 0.327 e. The standard InChI is InChI=1S/C25H31N3O2/c29-24(28(22-12-6-2-7-13-22)23-14-8-3-9-15-23)20-26-16-18-27(19-17-26)25(30)21-10-4-1-5-11-21/h1-2,4-7,10-13,23H,3,8-9,14-20H2/p+1. The summed E-state index contributed by atoms with van der Waals surface area (Å²) in [6.45, 7) is 3.53. The molecule has 1 aliphatic carbocycles. The molecule has 1 saturated heterocycles. The minimum atomic E-state index is 0.0918. The molecule has 5 heteroatoms. The summed E-state index contributed by atoms with van der Waals surface area (Å²) in [6, 6.07) is 19.9. The summed E-state index contributed by atoms with van der Waals surface area (Å²) >= 11 is 0. The summed E-state index contributed by atoms with van der Waals surface area (Å²) in [5.41, 5.74) is 1.76. The molecule has 2 amide bonds. The lowest BCUT2D eigenvalue weighted by molar-refractivity contribution is -0.895. The van der Waals surface area contributed by atoms with E-state index in [4.69, 9.17) is 0 Å². The number of carbonyl (C=O) groups is 2. The predicted molar refractivity (Wildman–Crippen MR) is 119 cm³/mol. The maximum atomic E-state index is 13.4. The number of nitrogens with zero attached hydrogens (tertiary/aromatic N) is 2. The number of carbonyl (C=O) groups excluding carboxylic acids is 2. The van der Waals surface area contributed by atoms with Gasteiger partial charge in [0, 0.05) is 17.3 Å². The molecule has 5 nitrogen and oxygen atoms in total. The second kappa shape index (κ2) is 9.90. The average molecular weight is 407 g/mol. The summed E-state index contributed by atoms with van der Waals surface area (Å²) in [5, 5.41) is 0. The number of hydrogen-bond donors (Lipinski definition) is 1. The lowest BCUT2D eigenvalue weighted by atomic mass is 9.93. The highest BCUT2D eigenvalue weighted by atomic mass is 16.2. The van der Waals surface area contributed by atoms with Crippen molar-refractivity contribution in [3.8, 4) is 0 Å². The van der Waals surface area contributed by atoms with Crippen molar-refractivity contribution in [2.45, 2.75) is 38.1 Å². The van der Waals surface area contributed by atoms with Crippen molar-refractivity contribution in [2.75, 3.05) is 37.6 Å². The van der Waals surface area contributed by atoms with Crippen LogP contribution in [0.25, 0.3) is 0 Å². The van der Waals surface area contributed by atoms with E-state index in [1.807, 2.05) is 53.4 Å². The number of hydrogen-bond acceptors (Lipinski definition) is 2. The van der Waals surface area contributed by atoms with Crippen LogP contribution in [0.15, 0.2) is 60.7 Å². The molecule has 2 aromatic rings. The summed E-state index contributed by atoms with van der Waals surface area (Å²) in [6.07, 6.45) is 5.86. The zero-order chi connectivity index (χ0) is 20.8. The fourth-order valence-electron chi connectivity index (χ4n) is 4.75. The van der Waals surface area contributed by atoms with Gasteiger partial charge >= 0.3 is 0 Å². The maximum Gasteiger partial charge on any atom is 0.282 e. The third-order valence-electron chi connectivity index (χ3n) is 6.42. The van der Waals surface area contributed by atoms with Gasteiger partial charge in [-0.15, -0.1) is 0 Å². The summed E-state index contributed by atoms with van der Waals surface area (Å²) in [7, 11) is 0. The lowest BCUT2D eigenvalue weighted by Gasteiger charge is -2.36. The number of anilines is 1. The molecule has 0 bridgehead atoms. The van der Waals surface area contributed by atoms with Crippen molar-refractivity contribution in [1.82, 2.24) is 4.90 Å². The van der Waals surface area contributed by atoms with E-state index in [2.05, 4.69) is 17.0 Å². The van der Waals surface area contributed by atoms with Crippen LogP contribution in [-0.2, 0) is 4.79 Å². The highest BCUT2D eigenvalue weighted by Crippen LogP contribution is 2.27. The molecule has 2 aromatic carbocycles. The first-order valence-electron chi connectivity index (χ1n) is 11.3. The second-order valence-electron chi connectivity index (χ2n) is 8.48. The van der Waals surface area contributed by atoms with E-state index in [0.29, 0.717) is 25.7 Å². The van der Waals surface area contributed by atoms with Crippen molar-refractivity contribution in [1.29, 1.82) is 0 Å². The Kier molecular flexibility index (Phi) is 6.80. The van der Waals surface area contributed by atoms with E-state index < -0.39 is 0 Å². The molecule has 0 spiro atoms. The smallest absolute Gasteiger partial charge is 0.282 e. The van der Waals surface area contributed by atoms with Gasteiger partial charge in [0.25, 0.3) is 11.8 Å². The number of amides is 2. The first-order chi connectivity index (χ1) is 14.7. The van der Waals surface area contributed by atoms with Crippen molar-refractivity contribution in [3.05, 3.63) is 66.2 Å². The Bertz CT molecular complexity index is 826. The second-order valence-corrected chi connectivity index (χ2v) is 8.48. The first-order valence-corrected chi connectivity index (χ1v) is 11.3. The normalized spacial score (nSPS) is 18.2. The fraction of sp³-hybridized carbons (Fsp3) is 0.440. The van der Waals surface area contributed by atoms with Gasteiger partial charge in [-0.1, -0.05) is 55.7 Å². The number of nitrogens with one attached hydrogen (secondary N) is 1. The molecule has 1 aliphatic heterocycles. The third-order valence-corrected chi connectivity index (χ3v) is 6.42. The first kappa shape index (κ1) is 20.6. The molecule has 1 N–H and O–H groups in total. The van der Waals surface area contributed by atoms with Gasteiger partial charge in [-0.3, -0.25) is 9.59 Å². The summed E-state index contributed by atoms with van der Waals surface area (Å²) in [5.74, 6) is 0.306. The highest BCUT2D eigenvalue weighted by molar-refractivity contribution is 5.95. The van der Waals surface area contributed by atoms with Crippen LogP contribution in [0, 0.1) is 0 Å². The SMILES string of the molecule is O=C(c1ccccc1)N1CC[NH+](CC(=O)N(c2ccccc2)C2CCCCC2)CC1. The summed E-state index contributed by atoms with van der Waals surface area (Å²) in [4.78, 5) is 31.3. The van der Waals surface area contributed by atoms with Crippen LogP contribution < -0.4 is 9.80 Å². The van der Waals surface area contributed by atoms with E-state index in [0.717, 1.165) is 37.2 Å². The Morgan fingerprint density at radius 1 is 0.867 bits per heavy atom. The molecule has 0 atom stereocenters. The zero-order valence-corrected chi connectivity index (χ0v) is 17.6. The molecule has 1 saturated carbocycles. The summed E-state index contributed by atoms with van der Waals surface area (Å²) < 4.78 is 0. The lowest BCUT2D eigenvalue weighted by Crippen LogP contribution is -3.16. The van der Waals surface area contributed by atoms with E-state index in [1.165, 1.54) is 24.2 Å². The van der Waals surface area contributed by atoms with Gasteiger partial charge in [-0.2, -0.15) is 0 Å². The van der Waals surface area contributed by atoms with Crippen molar-refractivity contribution >= 4 is 17.5 Å². The number of rotatable bonds is 5. The van der Waals surface area contributed by atoms with E-state index in [-0.39, 0.29) is 11.8 Å². The van der Waals surface area contributed by atoms with E-state index in [1.54, 1.807) is 0 Å². The molecule has 0 aromatic heterocycles. The molecule has 0 radical (unpaired) electrons. The van der Waals surface area contributed by atoms with Gasteiger partial charge in [0.05, 0.1) is 26.2 Å². The fourth-order valence-corrected chi connectivity index (χ4v) is 4.75. The number of quaternary nitrogens is 1. The Balaban J connectivity index is 1.37. The molecule has 30 heavy (non-hydrogen) atoms. The van der Waals surface area contributed by atoms with Gasteiger partial charge in [-0.25, -0.2) is 0 Å². The minimum absolute atomic E-state index is 0.0918. The Morgan fingerprint density at radius 2 is 1.47 bits per heavy atom. The number of benzene rings is 2. The van der Waals surface area contributed by atoms with Gasteiger partial charge in [0.2, 0.25) is 0 Å². The molecule has 158 valence electrons. The van der Waals surface area contributed by atoms with Crippen molar-refractivity contribution < 1.29 is 14.5 Å². The van der Waals surface area contributed by atoms with Gasteiger partial charge in [-0.05, 0) is 37.1 Å².